The van der Waals surface area contributed by atoms with Gasteiger partial charge in [0.05, 0.1) is 5.02 Å². The average molecular weight is 398 g/mol. The first-order valence-electron chi connectivity index (χ1n) is 9.38. The molecule has 144 valence electrons. The standard InChI is InChI=1S/C20H29Cl2N3O/c1-14(2)19(25-6-4-24(3)5-7-25)12-23-11-15-8-16-9-17(21)10-18(22)20(16)26-13-15/h8-10,14,19,23H,4-7,11-13H2,1-3H3. The summed E-state index contributed by atoms with van der Waals surface area (Å²) in [5.74, 6) is 1.36. The van der Waals surface area contributed by atoms with Crippen LogP contribution in [0.25, 0.3) is 6.08 Å². The second-order valence-corrected chi connectivity index (χ2v) is 8.52. The Balaban J connectivity index is 1.57. The maximum absolute atomic E-state index is 6.21. The number of rotatable bonds is 6. The van der Waals surface area contributed by atoms with Crippen LogP contribution >= 0.6 is 23.2 Å². The Morgan fingerprint density at radius 3 is 2.58 bits per heavy atom. The highest BCUT2D eigenvalue weighted by Crippen LogP contribution is 2.36. The van der Waals surface area contributed by atoms with E-state index < -0.39 is 0 Å². The Morgan fingerprint density at radius 1 is 1.15 bits per heavy atom. The summed E-state index contributed by atoms with van der Waals surface area (Å²) in [6.45, 7) is 11.6. The summed E-state index contributed by atoms with van der Waals surface area (Å²) in [4.78, 5) is 5.03. The molecule has 1 aromatic carbocycles. The van der Waals surface area contributed by atoms with Crippen molar-refractivity contribution in [2.24, 2.45) is 5.92 Å². The summed E-state index contributed by atoms with van der Waals surface area (Å²) in [5.41, 5.74) is 2.18. The van der Waals surface area contributed by atoms with Crippen LogP contribution in [0.1, 0.15) is 19.4 Å². The molecule has 2 aliphatic heterocycles. The van der Waals surface area contributed by atoms with Crippen LogP contribution in [0.15, 0.2) is 17.7 Å². The maximum atomic E-state index is 6.21. The Kier molecular flexibility index (Phi) is 6.87. The fraction of sp³-hybridized carbons (Fsp3) is 0.600. The normalized spacial score (nSPS) is 19.8. The van der Waals surface area contributed by atoms with Crippen molar-refractivity contribution in [3.63, 3.8) is 0 Å². The van der Waals surface area contributed by atoms with Gasteiger partial charge < -0.3 is 15.0 Å². The molecule has 3 rings (SSSR count). The van der Waals surface area contributed by atoms with Gasteiger partial charge in [0.15, 0.2) is 0 Å². The predicted molar refractivity (Wildman–Crippen MR) is 110 cm³/mol. The molecule has 0 saturated carbocycles. The summed E-state index contributed by atoms with van der Waals surface area (Å²) in [6, 6.07) is 4.19. The van der Waals surface area contributed by atoms with E-state index in [1.807, 2.05) is 6.07 Å². The van der Waals surface area contributed by atoms with Gasteiger partial charge in [-0.15, -0.1) is 0 Å². The zero-order valence-electron chi connectivity index (χ0n) is 15.9. The molecule has 0 radical (unpaired) electrons. The van der Waals surface area contributed by atoms with E-state index in [2.05, 4.69) is 42.1 Å². The Labute approximate surface area is 167 Å². The van der Waals surface area contributed by atoms with E-state index in [4.69, 9.17) is 27.9 Å². The monoisotopic (exact) mass is 397 g/mol. The van der Waals surface area contributed by atoms with Gasteiger partial charge in [-0.1, -0.05) is 37.0 Å². The highest BCUT2D eigenvalue weighted by atomic mass is 35.5. The number of hydrogen-bond donors (Lipinski definition) is 1. The van der Waals surface area contributed by atoms with Crippen LogP contribution in [0.2, 0.25) is 10.0 Å². The Bertz CT molecular complexity index is 655. The van der Waals surface area contributed by atoms with E-state index in [-0.39, 0.29) is 0 Å². The number of nitrogens with zero attached hydrogens (tertiary/aromatic N) is 2. The number of benzene rings is 1. The highest BCUT2D eigenvalue weighted by Gasteiger charge is 2.25. The molecule has 1 fully saturated rings. The minimum atomic E-state index is 0.560. The van der Waals surface area contributed by atoms with E-state index >= 15 is 0 Å². The van der Waals surface area contributed by atoms with Gasteiger partial charge in [0, 0.05) is 55.9 Å². The molecule has 1 unspecified atom stereocenters. The number of fused-ring (bicyclic) bond motifs is 1. The summed E-state index contributed by atoms with van der Waals surface area (Å²) in [7, 11) is 2.20. The molecule has 2 heterocycles. The third-order valence-electron chi connectivity index (χ3n) is 5.28. The van der Waals surface area contributed by atoms with Crippen LogP contribution in [0.4, 0.5) is 0 Å². The number of hydrogen-bond acceptors (Lipinski definition) is 4. The van der Waals surface area contributed by atoms with Crippen molar-refractivity contribution in [2.75, 3.05) is 52.9 Å². The van der Waals surface area contributed by atoms with Crippen molar-refractivity contribution in [3.05, 3.63) is 33.3 Å². The van der Waals surface area contributed by atoms with E-state index in [0.29, 0.717) is 28.6 Å². The minimum Gasteiger partial charge on any atom is -0.487 e. The van der Waals surface area contributed by atoms with Gasteiger partial charge in [0.25, 0.3) is 0 Å². The lowest BCUT2D eigenvalue weighted by Crippen LogP contribution is -2.53. The largest absolute Gasteiger partial charge is 0.487 e. The first-order chi connectivity index (χ1) is 12.4. The second-order valence-electron chi connectivity index (χ2n) is 7.68. The molecular weight excluding hydrogens is 369 g/mol. The lowest BCUT2D eigenvalue weighted by molar-refractivity contribution is 0.0880. The van der Waals surface area contributed by atoms with Crippen molar-refractivity contribution in [3.8, 4) is 5.75 Å². The summed E-state index contributed by atoms with van der Waals surface area (Å²) in [5, 5.41) is 4.85. The molecule has 0 aliphatic carbocycles. The molecule has 26 heavy (non-hydrogen) atoms. The first kappa shape index (κ1) is 20.0. The average Bonchev–Trinajstić information content (AvgIpc) is 2.59. The van der Waals surface area contributed by atoms with Crippen molar-refractivity contribution in [2.45, 2.75) is 19.9 Å². The first-order valence-corrected chi connectivity index (χ1v) is 10.1. The molecule has 1 saturated heterocycles. The fourth-order valence-electron chi connectivity index (χ4n) is 3.69. The zero-order chi connectivity index (χ0) is 18.7. The van der Waals surface area contributed by atoms with Crippen molar-refractivity contribution < 1.29 is 4.74 Å². The van der Waals surface area contributed by atoms with Gasteiger partial charge in [-0.2, -0.15) is 0 Å². The van der Waals surface area contributed by atoms with E-state index in [0.717, 1.165) is 50.6 Å². The van der Waals surface area contributed by atoms with Crippen LogP contribution in [-0.2, 0) is 0 Å². The molecule has 0 bridgehead atoms. The van der Waals surface area contributed by atoms with E-state index in [9.17, 15) is 0 Å². The van der Waals surface area contributed by atoms with Gasteiger partial charge in [-0.25, -0.2) is 0 Å². The van der Waals surface area contributed by atoms with E-state index in [1.165, 1.54) is 5.57 Å². The van der Waals surface area contributed by atoms with Crippen LogP contribution in [-0.4, -0.2) is 68.8 Å². The Morgan fingerprint density at radius 2 is 1.88 bits per heavy atom. The topological polar surface area (TPSA) is 27.7 Å². The quantitative estimate of drug-likeness (QED) is 0.792. The molecule has 1 atom stereocenters. The number of halogens is 2. The molecule has 0 aromatic heterocycles. The van der Waals surface area contributed by atoms with Crippen molar-refractivity contribution in [1.29, 1.82) is 0 Å². The predicted octanol–water partition coefficient (Wildman–Crippen LogP) is 3.63. The SMILES string of the molecule is CC(C)C(CNCC1=Cc2cc(Cl)cc(Cl)c2OC1)N1CCN(C)CC1. The zero-order valence-corrected chi connectivity index (χ0v) is 17.4. The second kappa shape index (κ2) is 8.94. The summed E-state index contributed by atoms with van der Waals surface area (Å²) >= 11 is 12.3. The maximum Gasteiger partial charge on any atom is 0.145 e. The van der Waals surface area contributed by atoms with Crippen LogP contribution < -0.4 is 10.1 Å². The molecule has 0 amide bonds. The van der Waals surface area contributed by atoms with Gasteiger partial charge in [0.1, 0.15) is 12.4 Å². The molecule has 6 heteroatoms. The molecule has 1 N–H and O–H groups in total. The Hall–Kier alpha value is -0.780. The smallest absolute Gasteiger partial charge is 0.145 e. The van der Waals surface area contributed by atoms with Gasteiger partial charge in [0.2, 0.25) is 0 Å². The van der Waals surface area contributed by atoms with Gasteiger partial charge >= 0.3 is 0 Å². The third-order valence-corrected chi connectivity index (χ3v) is 5.78. The van der Waals surface area contributed by atoms with Crippen LogP contribution in [0.5, 0.6) is 5.75 Å². The fourth-order valence-corrected chi connectivity index (χ4v) is 4.25. The van der Waals surface area contributed by atoms with E-state index in [1.54, 1.807) is 6.07 Å². The van der Waals surface area contributed by atoms with Gasteiger partial charge in [-0.3, -0.25) is 4.90 Å². The summed E-state index contributed by atoms with van der Waals surface area (Å²) < 4.78 is 5.84. The van der Waals surface area contributed by atoms with Crippen LogP contribution in [0.3, 0.4) is 0 Å². The molecule has 2 aliphatic rings. The number of likely N-dealkylation sites (N-methyl/N-ethyl adjacent to an activating group) is 1. The van der Waals surface area contributed by atoms with Crippen molar-refractivity contribution in [1.82, 2.24) is 15.1 Å². The molecule has 1 aromatic rings. The highest BCUT2D eigenvalue weighted by molar-refractivity contribution is 6.36. The molecule has 4 nitrogen and oxygen atoms in total. The lowest BCUT2D eigenvalue weighted by atomic mass is 10.0. The number of nitrogens with one attached hydrogen (secondary N) is 1. The molecular formula is C20H29Cl2N3O. The van der Waals surface area contributed by atoms with Crippen LogP contribution in [0, 0.1) is 5.92 Å². The minimum absolute atomic E-state index is 0.560. The number of piperazine rings is 1. The third kappa shape index (κ3) is 4.93. The molecule has 0 spiro atoms. The number of ether oxygens (including phenoxy) is 1. The van der Waals surface area contributed by atoms with Crippen molar-refractivity contribution >= 4 is 29.3 Å². The summed E-state index contributed by atoms with van der Waals surface area (Å²) in [6.07, 6.45) is 2.14. The lowest BCUT2D eigenvalue weighted by Gasteiger charge is -2.40. The van der Waals surface area contributed by atoms with Gasteiger partial charge in [-0.05, 0) is 36.7 Å².